The van der Waals surface area contributed by atoms with Crippen LogP contribution in [0.2, 0.25) is 0 Å². The molecule has 1 aliphatic heterocycles. The van der Waals surface area contributed by atoms with E-state index in [9.17, 15) is 0 Å². The summed E-state index contributed by atoms with van der Waals surface area (Å²) in [6.45, 7) is 10.0. The van der Waals surface area contributed by atoms with Crippen molar-refractivity contribution in [2.24, 2.45) is 0 Å². The Morgan fingerprint density at radius 2 is 1.78 bits per heavy atom. The van der Waals surface area contributed by atoms with Crippen molar-refractivity contribution in [1.82, 2.24) is 4.98 Å². The summed E-state index contributed by atoms with van der Waals surface area (Å²) in [6.07, 6.45) is 2.19. The number of benzene rings is 1. The molecule has 0 atom stereocenters. The molecule has 3 rings (SSSR count). The van der Waals surface area contributed by atoms with Gasteiger partial charge in [-0.25, -0.2) is 0 Å². The highest BCUT2D eigenvalue weighted by Gasteiger charge is 2.22. The van der Waals surface area contributed by atoms with E-state index in [0.717, 1.165) is 0 Å². The van der Waals surface area contributed by atoms with Gasteiger partial charge in [-0.2, -0.15) is 0 Å². The highest BCUT2D eigenvalue weighted by atomic mass is 15.3. The third-order valence-electron chi connectivity index (χ3n) is 4.28. The zero-order valence-electron chi connectivity index (χ0n) is 11.1. The van der Waals surface area contributed by atoms with Crippen LogP contribution < -0.4 is 9.80 Å². The first-order valence-electron chi connectivity index (χ1n) is 7.09. The Morgan fingerprint density at radius 1 is 1.06 bits per heavy atom. The molecule has 2 heterocycles. The summed E-state index contributed by atoms with van der Waals surface area (Å²) < 4.78 is 0. The van der Waals surface area contributed by atoms with Crippen molar-refractivity contribution in [3.63, 3.8) is 0 Å². The normalized spacial score (nSPS) is 24.5. The van der Waals surface area contributed by atoms with Gasteiger partial charge in [0, 0.05) is 22.7 Å². The molecule has 1 fully saturated rings. The first kappa shape index (κ1) is 11.8. The summed E-state index contributed by atoms with van der Waals surface area (Å²) in [5, 5.41) is 1.40. The fourth-order valence-corrected chi connectivity index (χ4v) is 3.03. The van der Waals surface area contributed by atoms with E-state index in [0.29, 0.717) is 0 Å². The minimum atomic E-state index is 1.17. The molecule has 1 aliphatic rings. The zero-order valence-corrected chi connectivity index (χ0v) is 11.1. The van der Waals surface area contributed by atoms with Crippen molar-refractivity contribution in [3.8, 4) is 0 Å². The second kappa shape index (κ2) is 5.12. The lowest BCUT2D eigenvalue weighted by atomic mass is 10.1. The fraction of sp³-hybridized carbons (Fsp3) is 0.467. The van der Waals surface area contributed by atoms with Crippen LogP contribution in [0, 0.1) is 0 Å². The van der Waals surface area contributed by atoms with Crippen molar-refractivity contribution in [2.45, 2.75) is 13.5 Å². The summed E-state index contributed by atoms with van der Waals surface area (Å²) in [5.74, 6) is 0. The maximum absolute atomic E-state index is 3.38. The molecule has 2 aromatic rings. The molecule has 96 valence electrons. The summed E-state index contributed by atoms with van der Waals surface area (Å²) in [5.41, 5.74) is 2.74. The van der Waals surface area contributed by atoms with Gasteiger partial charge < -0.3 is 14.8 Å². The molecule has 3 nitrogen and oxygen atoms in total. The van der Waals surface area contributed by atoms with Gasteiger partial charge in [-0.3, -0.25) is 0 Å². The number of aromatic amines is 1. The van der Waals surface area contributed by atoms with Gasteiger partial charge in [-0.15, -0.1) is 0 Å². The molecule has 0 aliphatic carbocycles. The van der Waals surface area contributed by atoms with Gasteiger partial charge in [0.2, 0.25) is 0 Å². The molecule has 3 heteroatoms. The Balaban J connectivity index is 1.70. The Bertz CT molecular complexity index is 509. The van der Waals surface area contributed by atoms with E-state index in [-0.39, 0.29) is 0 Å². The highest BCUT2D eigenvalue weighted by Crippen LogP contribution is 2.16. The number of fused-ring (bicyclic) bond motifs is 1. The maximum Gasteiger partial charge on any atom is 0.127 e. The fourth-order valence-electron chi connectivity index (χ4n) is 3.03. The van der Waals surface area contributed by atoms with Gasteiger partial charge in [-0.05, 0) is 13.0 Å². The first-order chi connectivity index (χ1) is 8.86. The summed E-state index contributed by atoms with van der Waals surface area (Å²) in [6, 6.07) is 8.62. The predicted molar refractivity (Wildman–Crippen MR) is 73.9 cm³/mol. The lowest BCUT2D eigenvalue weighted by Gasteiger charge is -2.28. The number of rotatable bonds is 3. The number of likely N-dealkylation sites (N-methyl/N-ethyl adjacent to an activating group) is 1. The minimum absolute atomic E-state index is 1.17. The molecule has 0 radical (unpaired) electrons. The standard InChI is InChI=1S/C15H21N3/c1-2-17-7-9-18(10-8-17)12-13-11-16-15-6-4-3-5-14(13)15/h3-6,11,16H,2,7-10,12H2,1H3/p+2. The molecule has 0 spiro atoms. The molecule has 1 aromatic heterocycles. The number of piperazine rings is 1. The van der Waals surface area contributed by atoms with Crippen LogP contribution in [0.15, 0.2) is 30.5 Å². The van der Waals surface area contributed by atoms with E-state index in [2.05, 4.69) is 42.4 Å². The second-order valence-corrected chi connectivity index (χ2v) is 5.39. The van der Waals surface area contributed by atoms with Crippen LogP contribution in [0.3, 0.4) is 0 Å². The number of para-hydroxylation sites is 1. The van der Waals surface area contributed by atoms with E-state index in [1.807, 2.05) is 0 Å². The van der Waals surface area contributed by atoms with Gasteiger partial charge in [-0.1, -0.05) is 18.2 Å². The van der Waals surface area contributed by atoms with Gasteiger partial charge in [0.1, 0.15) is 32.7 Å². The van der Waals surface area contributed by atoms with Gasteiger partial charge in [0.15, 0.2) is 0 Å². The molecular formula is C15H23N3+2. The molecule has 0 bridgehead atoms. The molecule has 0 unspecified atom stereocenters. The molecule has 1 saturated heterocycles. The number of H-pyrrole nitrogens is 1. The van der Waals surface area contributed by atoms with Crippen LogP contribution in [0.4, 0.5) is 0 Å². The molecule has 0 saturated carbocycles. The molecular weight excluding hydrogens is 222 g/mol. The van der Waals surface area contributed by atoms with Crippen LogP contribution in [0.25, 0.3) is 10.9 Å². The highest BCUT2D eigenvalue weighted by molar-refractivity contribution is 5.82. The van der Waals surface area contributed by atoms with Gasteiger partial charge in [0.05, 0.1) is 6.54 Å². The number of aromatic nitrogens is 1. The minimum Gasteiger partial charge on any atom is -0.361 e. The average Bonchev–Trinajstić information content (AvgIpc) is 2.83. The summed E-state index contributed by atoms with van der Waals surface area (Å²) in [4.78, 5) is 6.87. The van der Waals surface area contributed by atoms with Gasteiger partial charge >= 0.3 is 0 Å². The van der Waals surface area contributed by atoms with Gasteiger partial charge in [0.25, 0.3) is 0 Å². The van der Waals surface area contributed by atoms with Crippen molar-refractivity contribution in [2.75, 3.05) is 32.7 Å². The third-order valence-corrected chi connectivity index (χ3v) is 4.28. The number of hydrogen-bond donors (Lipinski definition) is 3. The first-order valence-corrected chi connectivity index (χ1v) is 7.09. The van der Waals surface area contributed by atoms with E-state index >= 15 is 0 Å². The summed E-state index contributed by atoms with van der Waals surface area (Å²) >= 11 is 0. The number of hydrogen-bond acceptors (Lipinski definition) is 0. The average molecular weight is 245 g/mol. The topological polar surface area (TPSA) is 24.7 Å². The lowest BCUT2D eigenvalue weighted by molar-refractivity contribution is -1.02. The maximum atomic E-state index is 3.38. The van der Waals surface area contributed by atoms with E-state index in [4.69, 9.17) is 0 Å². The number of quaternary nitrogens is 2. The third kappa shape index (κ3) is 2.28. The van der Waals surface area contributed by atoms with Crippen molar-refractivity contribution in [3.05, 3.63) is 36.0 Å². The smallest absolute Gasteiger partial charge is 0.127 e. The van der Waals surface area contributed by atoms with Crippen molar-refractivity contribution >= 4 is 10.9 Å². The van der Waals surface area contributed by atoms with E-state index in [1.165, 1.54) is 55.7 Å². The monoisotopic (exact) mass is 245 g/mol. The quantitative estimate of drug-likeness (QED) is 0.648. The van der Waals surface area contributed by atoms with Crippen LogP contribution in [0.5, 0.6) is 0 Å². The van der Waals surface area contributed by atoms with Crippen LogP contribution in [-0.4, -0.2) is 37.7 Å². The Labute approximate surface area is 108 Å². The summed E-state index contributed by atoms with van der Waals surface area (Å²) in [7, 11) is 0. The van der Waals surface area contributed by atoms with Crippen LogP contribution >= 0.6 is 0 Å². The van der Waals surface area contributed by atoms with Crippen LogP contribution in [0.1, 0.15) is 12.5 Å². The Hall–Kier alpha value is -1.32. The SMILES string of the molecule is CC[NH+]1CC[NH+](Cc2c[nH]c3ccccc23)CC1. The number of nitrogens with one attached hydrogen (secondary N) is 3. The Morgan fingerprint density at radius 3 is 2.56 bits per heavy atom. The van der Waals surface area contributed by atoms with E-state index < -0.39 is 0 Å². The second-order valence-electron chi connectivity index (χ2n) is 5.39. The lowest BCUT2D eigenvalue weighted by Crippen LogP contribution is -3.27. The zero-order chi connectivity index (χ0) is 12.4. The van der Waals surface area contributed by atoms with Crippen molar-refractivity contribution < 1.29 is 9.80 Å². The van der Waals surface area contributed by atoms with Crippen LogP contribution in [-0.2, 0) is 6.54 Å². The predicted octanol–water partition coefficient (Wildman–Crippen LogP) is -0.529. The molecule has 18 heavy (non-hydrogen) atoms. The molecule has 0 amide bonds. The Kier molecular flexibility index (Phi) is 3.35. The largest absolute Gasteiger partial charge is 0.361 e. The van der Waals surface area contributed by atoms with E-state index in [1.54, 1.807) is 9.80 Å². The molecule has 3 N–H and O–H groups in total. The molecule has 1 aromatic carbocycles. The van der Waals surface area contributed by atoms with Crippen molar-refractivity contribution in [1.29, 1.82) is 0 Å².